The molecule has 0 aromatic carbocycles. The van der Waals surface area contributed by atoms with Gasteiger partial charge in [0.1, 0.15) is 6.54 Å². The van der Waals surface area contributed by atoms with Crippen LogP contribution in [0.3, 0.4) is 0 Å². The summed E-state index contributed by atoms with van der Waals surface area (Å²) in [7, 11) is 0.239. The van der Waals surface area contributed by atoms with Crippen LogP contribution in [0.2, 0.25) is 0 Å². The fourth-order valence-electron chi connectivity index (χ4n) is 1.49. The van der Waals surface area contributed by atoms with Gasteiger partial charge < -0.3 is 0 Å². The molecular formula is C8H17N2S+. The summed E-state index contributed by atoms with van der Waals surface area (Å²) >= 11 is 0. The van der Waals surface area contributed by atoms with Crippen LogP contribution in [-0.4, -0.2) is 41.6 Å². The zero-order chi connectivity index (χ0) is 7.84. The Labute approximate surface area is 71.0 Å². The summed E-state index contributed by atoms with van der Waals surface area (Å²) < 4.78 is 2.34. The molecule has 11 heavy (non-hydrogen) atoms. The minimum absolute atomic E-state index is 0.239. The highest BCUT2D eigenvalue weighted by molar-refractivity contribution is 8.16. The highest BCUT2D eigenvalue weighted by Crippen LogP contribution is 2.31. The van der Waals surface area contributed by atoms with Gasteiger partial charge in [0.15, 0.2) is 12.6 Å². The number of azo groups is 2. The molecule has 1 aliphatic heterocycles. The van der Waals surface area contributed by atoms with E-state index >= 15 is 0 Å². The van der Waals surface area contributed by atoms with Crippen molar-refractivity contribution in [1.82, 2.24) is 0 Å². The van der Waals surface area contributed by atoms with Crippen molar-refractivity contribution in [2.75, 3.05) is 25.6 Å². The van der Waals surface area contributed by atoms with Crippen molar-refractivity contribution in [1.29, 1.82) is 0 Å². The van der Waals surface area contributed by atoms with E-state index in [-0.39, 0.29) is 10.9 Å². The predicted octanol–water partition coefficient (Wildman–Crippen LogP) is 1.26. The molecule has 0 bridgehead atoms. The van der Waals surface area contributed by atoms with E-state index < -0.39 is 0 Å². The molecule has 0 aromatic heterocycles. The molecule has 2 nitrogen and oxygen atoms in total. The molecule has 1 fully saturated rings. The molecule has 0 spiro atoms. The molecular weight excluding hydrogens is 156 g/mol. The molecule has 1 aliphatic carbocycles. The quantitative estimate of drug-likeness (QED) is 0.478. The first-order valence-electron chi connectivity index (χ1n) is 4.38. The Balaban J connectivity index is 1.89. The van der Waals surface area contributed by atoms with Crippen molar-refractivity contribution in [3.8, 4) is 0 Å². The molecule has 2 aliphatic rings. The van der Waals surface area contributed by atoms with Gasteiger partial charge in [-0.1, -0.05) is 0 Å². The Bertz CT molecular complexity index is 185. The maximum absolute atomic E-state index is 4.55. The fourth-order valence-corrected chi connectivity index (χ4v) is 2.39. The number of hydrogen-bond donors (Lipinski definition) is 1. The van der Waals surface area contributed by atoms with Crippen LogP contribution in [0.4, 0.5) is 0 Å². The van der Waals surface area contributed by atoms with Gasteiger partial charge in [-0.2, -0.15) is 0 Å². The first-order chi connectivity index (χ1) is 5.27. The summed E-state index contributed by atoms with van der Waals surface area (Å²) in [4.78, 5) is 0. The van der Waals surface area contributed by atoms with Crippen LogP contribution in [0.15, 0.2) is 5.11 Å². The van der Waals surface area contributed by atoms with E-state index in [1.807, 2.05) is 0 Å². The summed E-state index contributed by atoms with van der Waals surface area (Å²) in [6.07, 6.45) is 7.51. The van der Waals surface area contributed by atoms with Gasteiger partial charge in [0.2, 0.25) is 0 Å². The second-order valence-electron chi connectivity index (χ2n) is 3.79. The third-order valence-corrected chi connectivity index (χ3v) is 4.36. The lowest BCUT2D eigenvalue weighted by Crippen LogP contribution is -2.18. The number of nitrogens with zero attached hydrogens (tertiary/aromatic N) is 2. The SMILES string of the molecule is C[SH](C)C1CN=[N+](C2CC2)C1. The second kappa shape index (κ2) is 2.77. The van der Waals surface area contributed by atoms with E-state index in [4.69, 9.17) is 0 Å². The lowest BCUT2D eigenvalue weighted by Gasteiger charge is -2.12. The molecule has 0 aromatic rings. The van der Waals surface area contributed by atoms with E-state index in [9.17, 15) is 0 Å². The van der Waals surface area contributed by atoms with Crippen LogP contribution in [0.25, 0.3) is 0 Å². The summed E-state index contributed by atoms with van der Waals surface area (Å²) in [5.41, 5.74) is 0. The van der Waals surface area contributed by atoms with E-state index in [0.29, 0.717) is 0 Å². The molecule has 1 unspecified atom stereocenters. The standard InChI is InChI=1S/C8H17N2S/c1-11(2)8-5-9-10(6-8)7-3-4-7/h7-8,11H,3-6H2,1-2H3/q+1. The van der Waals surface area contributed by atoms with Crippen molar-refractivity contribution >= 4 is 10.9 Å². The highest BCUT2D eigenvalue weighted by atomic mass is 32.2. The van der Waals surface area contributed by atoms with Gasteiger partial charge in [-0.05, 0) is 17.6 Å². The summed E-state index contributed by atoms with van der Waals surface area (Å²) in [6.45, 7) is 2.36. The fraction of sp³-hybridized carbons (Fsp3) is 1.00. The van der Waals surface area contributed by atoms with Crippen LogP contribution in [0.1, 0.15) is 12.8 Å². The molecule has 0 amide bonds. The average Bonchev–Trinajstić information content (AvgIpc) is 2.68. The minimum Gasteiger partial charge on any atom is -0.249 e. The normalized spacial score (nSPS) is 32.0. The maximum atomic E-state index is 4.55. The van der Waals surface area contributed by atoms with Gasteiger partial charge >= 0.3 is 0 Å². The Morgan fingerprint density at radius 2 is 2.09 bits per heavy atom. The molecule has 1 saturated carbocycles. The van der Waals surface area contributed by atoms with Gasteiger partial charge in [0.05, 0.1) is 5.25 Å². The summed E-state index contributed by atoms with van der Waals surface area (Å²) in [5, 5.41) is 5.44. The maximum Gasteiger partial charge on any atom is 0.180 e. The monoisotopic (exact) mass is 173 g/mol. The van der Waals surface area contributed by atoms with Gasteiger partial charge in [-0.25, -0.2) is 10.9 Å². The van der Waals surface area contributed by atoms with Crippen molar-refractivity contribution in [3.63, 3.8) is 0 Å². The molecule has 1 atom stereocenters. The molecule has 3 heteroatoms. The van der Waals surface area contributed by atoms with E-state index in [2.05, 4.69) is 22.3 Å². The van der Waals surface area contributed by atoms with Crippen molar-refractivity contribution in [2.24, 2.45) is 5.11 Å². The molecule has 2 rings (SSSR count). The Hall–Kier alpha value is -0.0500. The zero-order valence-electron chi connectivity index (χ0n) is 7.32. The second-order valence-corrected chi connectivity index (χ2v) is 6.45. The Kier molecular flexibility index (Phi) is 1.91. The van der Waals surface area contributed by atoms with E-state index in [1.54, 1.807) is 0 Å². The van der Waals surface area contributed by atoms with Crippen LogP contribution >= 0.6 is 10.9 Å². The lowest BCUT2D eigenvalue weighted by atomic mass is 10.4. The Morgan fingerprint density at radius 3 is 2.55 bits per heavy atom. The smallest absolute Gasteiger partial charge is 0.180 e. The molecule has 0 radical (unpaired) electrons. The largest absolute Gasteiger partial charge is 0.249 e. The summed E-state index contributed by atoms with van der Waals surface area (Å²) in [5.74, 6) is 0. The summed E-state index contributed by atoms with van der Waals surface area (Å²) in [6, 6.07) is 0.843. The molecule has 1 heterocycles. The topological polar surface area (TPSA) is 15.4 Å². The number of rotatable bonds is 2. The van der Waals surface area contributed by atoms with Crippen LogP contribution in [0, 0.1) is 0 Å². The van der Waals surface area contributed by atoms with E-state index in [1.165, 1.54) is 19.4 Å². The Morgan fingerprint density at radius 1 is 1.36 bits per heavy atom. The van der Waals surface area contributed by atoms with Crippen molar-refractivity contribution < 1.29 is 4.70 Å². The van der Waals surface area contributed by atoms with Crippen molar-refractivity contribution in [2.45, 2.75) is 24.1 Å². The molecule has 0 N–H and O–H groups in total. The average molecular weight is 173 g/mol. The predicted molar refractivity (Wildman–Crippen MR) is 50.1 cm³/mol. The lowest BCUT2D eigenvalue weighted by molar-refractivity contribution is -0.593. The molecule has 64 valence electrons. The van der Waals surface area contributed by atoms with Gasteiger partial charge in [0.25, 0.3) is 0 Å². The number of hydrogen-bond acceptors (Lipinski definition) is 1. The van der Waals surface area contributed by atoms with Crippen LogP contribution in [0.5, 0.6) is 0 Å². The molecule has 0 saturated heterocycles. The minimum atomic E-state index is 0.239. The third-order valence-electron chi connectivity index (χ3n) is 2.57. The van der Waals surface area contributed by atoms with Gasteiger partial charge in [-0.15, -0.1) is 4.70 Å². The zero-order valence-corrected chi connectivity index (χ0v) is 8.22. The third kappa shape index (κ3) is 1.58. The first-order valence-corrected chi connectivity index (χ1v) is 6.68. The van der Waals surface area contributed by atoms with Gasteiger partial charge in [0, 0.05) is 12.8 Å². The van der Waals surface area contributed by atoms with Crippen LogP contribution in [-0.2, 0) is 0 Å². The van der Waals surface area contributed by atoms with Gasteiger partial charge in [-0.3, -0.25) is 0 Å². The van der Waals surface area contributed by atoms with Crippen molar-refractivity contribution in [3.05, 3.63) is 0 Å². The first kappa shape index (κ1) is 7.59. The number of thiol groups is 1. The van der Waals surface area contributed by atoms with Crippen LogP contribution < -0.4 is 0 Å². The highest BCUT2D eigenvalue weighted by Gasteiger charge is 2.39. The van der Waals surface area contributed by atoms with E-state index in [0.717, 1.165) is 17.8 Å².